The fraction of sp³-hybridized carbons (Fsp3) is 0.727. The maximum atomic E-state index is 14.3. The van der Waals surface area contributed by atoms with E-state index in [-0.39, 0.29) is 35.7 Å². The molecule has 0 amide bonds. The van der Waals surface area contributed by atoms with Gasteiger partial charge in [0.2, 0.25) is 12.5 Å². The van der Waals surface area contributed by atoms with Gasteiger partial charge in [-0.2, -0.15) is 0 Å². The Labute approximate surface area is 233 Å². The number of benzene rings is 1. The van der Waals surface area contributed by atoms with Crippen molar-refractivity contribution < 1.29 is 24.1 Å². The van der Waals surface area contributed by atoms with Crippen LogP contribution in [-0.2, 0) is 11.2 Å². The summed E-state index contributed by atoms with van der Waals surface area (Å²) < 4.78 is 17.4. The van der Waals surface area contributed by atoms with Crippen molar-refractivity contribution >= 4 is 5.78 Å². The fourth-order valence-corrected chi connectivity index (χ4v) is 10.3. The highest BCUT2D eigenvalue weighted by Crippen LogP contribution is 2.66. The Balaban J connectivity index is 1.15. The summed E-state index contributed by atoms with van der Waals surface area (Å²) >= 11 is 0. The van der Waals surface area contributed by atoms with E-state index < -0.39 is 0 Å². The maximum Gasteiger partial charge on any atom is 0.231 e. The van der Waals surface area contributed by atoms with Gasteiger partial charge in [0.05, 0.1) is 13.2 Å². The van der Waals surface area contributed by atoms with Crippen molar-refractivity contribution in [3.63, 3.8) is 0 Å². The first-order valence-electron chi connectivity index (χ1n) is 15.3. The van der Waals surface area contributed by atoms with Gasteiger partial charge in [0.1, 0.15) is 5.78 Å². The summed E-state index contributed by atoms with van der Waals surface area (Å²) in [5.41, 5.74) is 4.18. The molecule has 1 N–H and O–H groups in total. The minimum atomic E-state index is -0.162. The van der Waals surface area contributed by atoms with Crippen LogP contribution < -0.4 is 14.2 Å². The average molecular weight is 536 g/mol. The predicted octanol–water partition coefficient (Wildman–Crippen LogP) is 5.85. The summed E-state index contributed by atoms with van der Waals surface area (Å²) in [4.78, 5) is 16.6. The summed E-state index contributed by atoms with van der Waals surface area (Å²) in [6.45, 7) is 6.07. The number of hydrogen-bond acceptors (Lipinski definition) is 6. The van der Waals surface area contributed by atoms with Crippen molar-refractivity contribution in [3.8, 4) is 17.2 Å². The van der Waals surface area contributed by atoms with Gasteiger partial charge >= 0.3 is 0 Å². The van der Waals surface area contributed by atoms with Crippen LogP contribution in [0.4, 0.5) is 0 Å². The van der Waals surface area contributed by atoms with Crippen LogP contribution in [0.5, 0.6) is 17.2 Å². The molecule has 3 saturated carbocycles. The van der Waals surface area contributed by atoms with Crippen LogP contribution in [0.2, 0.25) is 0 Å². The lowest BCUT2D eigenvalue weighted by molar-refractivity contribution is -0.131. The van der Waals surface area contributed by atoms with E-state index in [1.807, 2.05) is 0 Å². The summed E-state index contributed by atoms with van der Waals surface area (Å²) in [5, 5.41) is 10.3. The lowest BCUT2D eigenvalue weighted by atomic mass is 9.47. The quantitative estimate of drug-likeness (QED) is 0.488. The number of methoxy groups -OCH3 is 1. The van der Waals surface area contributed by atoms with Crippen molar-refractivity contribution in [3.05, 3.63) is 28.8 Å². The first-order chi connectivity index (χ1) is 18.7. The van der Waals surface area contributed by atoms with E-state index in [1.54, 1.807) is 7.11 Å². The maximum absolute atomic E-state index is 14.3. The van der Waals surface area contributed by atoms with Gasteiger partial charge in [0, 0.05) is 30.5 Å². The number of carbonyl (C=O) groups is 1. The molecular weight excluding hydrogens is 490 g/mol. The molecule has 0 radical (unpaired) electrons. The summed E-state index contributed by atoms with van der Waals surface area (Å²) in [6, 6.07) is 2.10. The van der Waals surface area contributed by atoms with E-state index in [1.165, 1.54) is 24.0 Å². The molecule has 0 spiro atoms. The zero-order valence-corrected chi connectivity index (χ0v) is 24.1. The van der Waals surface area contributed by atoms with Crippen molar-refractivity contribution in [1.29, 1.82) is 0 Å². The molecule has 1 aromatic carbocycles. The zero-order chi connectivity index (χ0) is 27.1. The van der Waals surface area contributed by atoms with Gasteiger partial charge < -0.3 is 19.3 Å². The Morgan fingerprint density at radius 3 is 2.82 bits per heavy atom. The minimum absolute atomic E-state index is 0.00237. The van der Waals surface area contributed by atoms with E-state index in [9.17, 15) is 9.90 Å². The van der Waals surface area contributed by atoms with Gasteiger partial charge in [-0.1, -0.05) is 25.5 Å². The van der Waals surface area contributed by atoms with Crippen molar-refractivity contribution in [2.45, 2.75) is 90.2 Å². The van der Waals surface area contributed by atoms with E-state index >= 15 is 0 Å². The number of ether oxygens (including phenoxy) is 3. The van der Waals surface area contributed by atoms with Gasteiger partial charge in [0.15, 0.2) is 11.5 Å². The second-order valence-electron chi connectivity index (χ2n) is 14.0. The Morgan fingerprint density at radius 2 is 2.00 bits per heavy atom. The molecule has 6 aliphatic rings. The summed E-state index contributed by atoms with van der Waals surface area (Å²) in [6.07, 6.45) is 12.4. The number of nitrogens with zero attached hydrogens (tertiary/aromatic N) is 1. The van der Waals surface area contributed by atoms with Crippen LogP contribution >= 0.6 is 0 Å². The molecule has 8 atom stereocenters. The third-order valence-corrected chi connectivity index (χ3v) is 12.4. The third kappa shape index (κ3) is 3.76. The molecule has 6 nitrogen and oxygen atoms in total. The van der Waals surface area contributed by atoms with Gasteiger partial charge in [0.25, 0.3) is 0 Å². The second-order valence-corrected chi connectivity index (χ2v) is 14.0. The molecule has 2 aliphatic heterocycles. The second kappa shape index (κ2) is 9.24. The number of Topliss-reactive ketones (excluding diaryl/α,β-unsaturated/α-hetero) is 1. The number of aliphatic hydroxyl groups excluding tert-OH is 1. The zero-order valence-electron chi connectivity index (χ0n) is 24.1. The first kappa shape index (κ1) is 25.9. The van der Waals surface area contributed by atoms with Crippen LogP contribution in [-0.4, -0.2) is 49.4 Å². The molecule has 0 saturated heterocycles. The Morgan fingerprint density at radius 1 is 1.15 bits per heavy atom. The Kier molecular flexibility index (Phi) is 6.13. The number of allylic oxidation sites excluding steroid dienone is 1. The lowest BCUT2D eigenvalue weighted by Gasteiger charge is -2.58. The number of carbonyl (C=O) groups excluding carboxylic acids is 1. The van der Waals surface area contributed by atoms with Crippen LogP contribution in [0, 0.1) is 34.5 Å². The van der Waals surface area contributed by atoms with E-state index in [0.717, 1.165) is 68.6 Å². The van der Waals surface area contributed by atoms with Crippen LogP contribution in [0.25, 0.3) is 0 Å². The largest absolute Gasteiger partial charge is 0.492 e. The SMILES string of the molecule is COc1c2c(cc3c1[C@H](CC(=O)[C@H]1CC[C@H]4[C@H]5CC=C6C[C@@H](O)CC[C@]6(C)[C@H]5CC[C@]14C)N(C)CC3)OCO2. The third-order valence-electron chi connectivity index (χ3n) is 12.4. The molecule has 0 bridgehead atoms. The van der Waals surface area contributed by atoms with Crippen LogP contribution in [0.1, 0.15) is 88.8 Å². The monoisotopic (exact) mass is 535 g/mol. The molecule has 1 aromatic rings. The highest BCUT2D eigenvalue weighted by molar-refractivity contribution is 5.83. The van der Waals surface area contributed by atoms with E-state index in [4.69, 9.17) is 14.2 Å². The van der Waals surface area contributed by atoms with Gasteiger partial charge in [-0.25, -0.2) is 0 Å². The molecule has 39 heavy (non-hydrogen) atoms. The number of rotatable bonds is 4. The number of ketones is 1. The van der Waals surface area contributed by atoms with E-state index in [2.05, 4.69) is 37.9 Å². The van der Waals surface area contributed by atoms with Crippen molar-refractivity contribution in [2.75, 3.05) is 27.5 Å². The Hall–Kier alpha value is -2.05. The number of fused-ring (bicyclic) bond motifs is 7. The normalized spacial score (nSPS) is 40.7. The molecular formula is C33H45NO5. The van der Waals surface area contributed by atoms with Crippen LogP contribution in [0.15, 0.2) is 17.7 Å². The van der Waals surface area contributed by atoms with Crippen molar-refractivity contribution in [2.24, 2.45) is 34.5 Å². The van der Waals surface area contributed by atoms with Gasteiger partial charge in [-0.15, -0.1) is 0 Å². The summed E-state index contributed by atoms with van der Waals surface area (Å²) in [5.74, 6) is 4.74. The fourth-order valence-electron chi connectivity index (χ4n) is 10.3. The molecule has 4 aliphatic carbocycles. The number of likely N-dealkylation sites (N-methyl/N-ethyl adjacent to an activating group) is 1. The lowest BCUT2D eigenvalue weighted by Crippen LogP contribution is -2.51. The number of aliphatic hydroxyl groups is 1. The molecule has 0 unspecified atom stereocenters. The molecule has 0 aromatic heterocycles. The van der Waals surface area contributed by atoms with Crippen molar-refractivity contribution in [1.82, 2.24) is 4.90 Å². The highest BCUT2D eigenvalue weighted by Gasteiger charge is 2.60. The minimum Gasteiger partial charge on any atom is -0.492 e. The predicted molar refractivity (Wildman–Crippen MR) is 149 cm³/mol. The smallest absolute Gasteiger partial charge is 0.231 e. The standard InChI is InChI=1S/C33H45NO5/c1-32-12-9-21(35)16-20(32)5-6-22-23-7-8-25(33(23,2)13-10-24(22)32)27(36)17-26-29-19(11-14-34(26)3)15-28-30(31(29)37-4)39-18-38-28/h5,15,21-26,35H,6-14,16-18H2,1-4H3/t21-,22+,23-,24-,25+,26-,32-,33-/m0/s1. The molecule has 2 heterocycles. The average Bonchev–Trinajstić information content (AvgIpc) is 3.53. The molecule has 6 heteroatoms. The highest BCUT2D eigenvalue weighted by atomic mass is 16.7. The number of hydrogen-bond donors (Lipinski definition) is 1. The van der Waals surface area contributed by atoms with E-state index in [0.29, 0.717) is 35.7 Å². The Bertz CT molecular complexity index is 1210. The van der Waals surface area contributed by atoms with Gasteiger partial charge in [-0.05, 0) is 105 Å². The molecule has 3 fully saturated rings. The molecule has 7 rings (SSSR count). The topological polar surface area (TPSA) is 68.2 Å². The first-order valence-corrected chi connectivity index (χ1v) is 15.3. The molecule has 212 valence electrons. The summed E-state index contributed by atoms with van der Waals surface area (Å²) in [7, 11) is 3.84. The van der Waals surface area contributed by atoms with Crippen LogP contribution in [0.3, 0.4) is 0 Å². The van der Waals surface area contributed by atoms with Gasteiger partial charge in [-0.3, -0.25) is 9.69 Å².